The summed E-state index contributed by atoms with van der Waals surface area (Å²) in [4.78, 5) is 43.8. The van der Waals surface area contributed by atoms with E-state index in [1.165, 1.54) is 0 Å². The Morgan fingerprint density at radius 1 is 0.388 bits per heavy atom. The van der Waals surface area contributed by atoms with Crippen LogP contribution in [0, 0.1) is 0 Å². The molecule has 49 heavy (non-hydrogen) atoms. The van der Waals surface area contributed by atoms with Crippen molar-refractivity contribution in [2.24, 2.45) is 0 Å². The highest BCUT2D eigenvalue weighted by molar-refractivity contribution is 6.12. The summed E-state index contributed by atoms with van der Waals surface area (Å²) in [5.41, 5.74) is 9.65. The molecule has 0 radical (unpaired) electrons. The molecule has 2 heterocycles. The quantitative estimate of drug-likeness (QED) is 0.171. The molecule has 0 unspecified atom stereocenters. The molecule has 0 spiro atoms. The van der Waals surface area contributed by atoms with E-state index in [9.17, 15) is 14.4 Å². The number of anilines is 3. The summed E-state index contributed by atoms with van der Waals surface area (Å²) >= 11 is 0. The molecular weight excluding hydrogens is 602 g/mol. The van der Waals surface area contributed by atoms with Crippen molar-refractivity contribution in [3.63, 3.8) is 0 Å². The van der Waals surface area contributed by atoms with Crippen LogP contribution >= 0.6 is 0 Å². The van der Waals surface area contributed by atoms with E-state index < -0.39 is 10.8 Å². The second kappa shape index (κ2) is 11.1. The molecule has 2 aliphatic heterocycles. The van der Waals surface area contributed by atoms with Crippen molar-refractivity contribution >= 4 is 34.4 Å². The third-order valence-corrected chi connectivity index (χ3v) is 10.4. The second-order valence-electron chi connectivity index (χ2n) is 14.1. The Morgan fingerprint density at radius 3 is 1.08 bits per heavy atom. The largest absolute Gasteiger partial charge is 0.309 e. The van der Waals surface area contributed by atoms with Crippen LogP contribution < -0.4 is 4.90 Å². The Hall–Kier alpha value is -5.87. The van der Waals surface area contributed by atoms with Crippen molar-refractivity contribution in [3.05, 3.63) is 195 Å². The summed E-state index contributed by atoms with van der Waals surface area (Å²) in [5.74, 6) is -0.124. The number of nitrogens with zero attached hydrogens (tertiary/aromatic N) is 1. The van der Waals surface area contributed by atoms with E-state index in [2.05, 4.69) is 32.6 Å². The Bertz CT molecular complexity index is 2180. The standard InChI is InChI=1S/C45H35NO3/c1-44(2)34-24-31(41(47)28-14-8-5-9-15-28)20-22-38(34)46-39-23-21-32(42(48)29-16-10-6-11-17-29)25-35(39)45(3,4)37-27-33(26-36(44)40(37)46)43(49)30-18-12-7-13-19-30/h5-27H,1-4H3. The molecule has 0 atom stereocenters. The van der Waals surface area contributed by atoms with Gasteiger partial charge in [0.25, 0.3) is 0 Å². The summed E-state index contributed by atoms with van der Waals surface area (Å²) in [5, 5.41) is 0. The fraction of sp³-hybridized carbons (Fsp3) is 0.133. The summed E-state index contributed by atoms with van der Waals surface area (Å²) in [6.07, 6.45) is 0. The van der Waals surface area contributed by atoms with E-state index in [4.69, 9.17) is 0 Å². The first-order chi connectivity index (χ1) is 23.6. The molecule has 4 nitrogen and oxygen atoms in total. The van der Waals surface area contributed by atoms with Crippen LogP contribution in [0.3, 0.4) is 0 Å². The van der Waals surface area contributed by atoms with E-state index in [1.807, 2.05) is 140 Å². The maximum atomic E-state index is 14.1. The van der Waals surface area contributed by atoms with Crippen molar-refractivity contribution in [1.29, 1.82) is 0 Å². The third-order valence-electron chi connectivity index (χ3n) is 10.4. The summed E-state index contributed by atoms with van der Waals surface area (Å²) in [6, 6.07) is 44.1. The van der Waals surface area contributed by atoms with Gasteiger partial charge < -0.3 is 4.90 Å². The first-order valence-corrected chi connectivity index (χ1v) is 16.6. The third kappa shape index (κ3) is 4.70. The first-order valence-electron chi connectivity index (χ1n) is 16.6. The normalized spacial score (nSPS) is 14.7. The van der Waals surface area contributed by atoms with Crippen LogP contribution in [0.2, 0.25) is 0 Å². The number of hydrogen-bond donors (Lipinski definition) is 0. The van der Waals surface area contributed by atoms with Gasteiger partial charge in [-0.2, -0.15) is 0 Å². The molecule has 0 amide bonds. The highest BCUT2D eigenvalue weighted by Gasteiger charge is 2.46. The summed E-state index contributed by atoms with van der Waals surface area (Å²) in [7, 11) is 0. The Morgan fingerprint density at radius 2 is 0.714 bits per heavy atom. The number of rotatable bonds is 6. The minimum absolute atomic E-state index is 0.0389. The number of hydrogen-bond acceptors (Lipinski definition) is 4. The zero-order chi connectivity index (χ0) is 34.1. The maximum Gasteiger partial charge on any atom is 0.193 e. The molecule has 0 aliphatic carbocycles. The monoisotopic (exact) mass is 637 g/mol. The fourth-order valence-corrected chi connectivity index (χ4v) is 7.63. The fourth-order valence-electron chi connectivity index (χ4n) is 7.63. The van der Waals surface area contributed by atoms with Gasteiger partial charge in [-0.3, -0.25) is 14.4 Å². The minimum atomic E-state index is -0.549. The van der Waals surface area contributed by atoms with Gasteiger partial charge in [0.15, 0.2) is 17.3 Å². The van der Waals surface area contributed by atoms with Gasteiger partial charge >= 0.3 is 0 Å². The zero-order valence-corrected chi connectivity index (χ0v) is 28.0. The molecule has 0 N–H and O–H groups in total. The lowest BCUT2D eigenvalue weighted by molar-refractivity contribution is 0.103. The zero-order valence-electron chi connectivity index (χ0n) is 28.0. The Balaban J connectivity index is 1.38. The van der Waals surface area contributed by atoms with Gasteiger partial charge in [-0.15, -0.1) is 0 Å². The second-order valence-corrected chi connectivity index (χ2v) is 14.1. The Labute approximate surface area is 286 Å². The molecular formula is C45H35NO3. The maximum absolute atomic E-state index is 14.1. The first kappa shape index (κ1) is 30.5. The van der Waals surface area contributed by atoms with Crippen LogP contribution in [0.5, 0.6) is 0 Å². The molecule has 6 aromatic carbocycles. The lowest BCUT2D eigenvalue weighted by Gasteiger charge is -2.49. The van der Waals surface area contributed by atoms with Crippen molar-refractivity contribution < 1.29 is 14.4 Å². The highest BCUT2D eigenvalue weighted by Crippen LogP contribution is 2.60. The number of benzene rings is 6. The van der Waals surface area contributed by atoms with Gasteiger partial charge in [0.05, 0.1) is 17.1 Å². The van der Waals surface area contributed by atoms with Gasteiger partial charge in [-0.1, -0.05) is 119 Å². The lowest BCUT2D eigenvalue weighted by Crippen LogP contribution is -2.38. The molecule has 0 aromatic heterocycles. The molecule has 2 aliphatic rings. The average Bonchev–Trinajstić information content (AvgIpc) is 3.14. The van der Waals surface area contributed by atoms with Gasteiger partial charge in [-0.25, -0.2) is 0 Å². The van der Waals surface area contributed by atoms with Crippen molar-refractivity contribution in [3.8, 4) is 0 Å². The number of fused-ring (bicyclic) bond motifs is 4. The summed E-state index contributed by atoms with van der Waals surface area (Å²) < 4.78 is 0. The molecule has 0 saturated carbocycles. The number of carbonyl (C=O) groups excluding carboxylic acids is 3. The van der Waals surface area contributed by atoms with Crippen LogP contribution in [-0.2, 0) is 10.8 Å². The predicted octanol–water partition coefficient (Wildman–Crippen LogP) is 10.1. The van der Waals surface area contributed by atoms with E-state index >= 15 is 0 Å². The van der Waals surface area contributed by atoms with Gasteiger partial charge in [-0.05, 0) is 70.8 Å². The molecule has 0 bridgehead atoms. The molecule has 6 aromatic rings. The lowest BCUT2D eigenvalue weighted by atomic mass is 9.65. The molecule has 238 valence electrons. The van der Waals surface area contributed by atoms with E-state index in [1.54, 1.807) is 0 Å². The minimum Gasteiger partial charge on any atom is -0.309 e. The van der Waals surface area contributed by atoms with Crippen LogP contribution in [0.15, 0.2) is 140 Å². The van der Waals surface area contributed by atoms with Crippen LogP contribution in [-0.4, -0.2) is 17.3 Å². The number of ketones is 3. The molecule has 4 heteroatoms. The highest BCUT2D eigenvalue weighted by atomic mass is 16.1. The molecule has 0 saturated heterocycles. The van der Waals surface area contributed by atoms with Crippen molar-refractivity contribution in [1.82, 2.24) is 0 Å². The van der Waals surface area contributed by atoms with Crippen molar-refractivity contribution in [2.75, 3.05) is 4.90 Å². The van der Waals surface area contributed by atoms with Crippen LogP contribution in [0.25, 0.3) is 0 Å². The Kier molecular flexibility index (Phi) is 6.90. The average molecular weight is 638 g/mol. The smallest absolute Gasteiger partial charge is 0.193 e. The topological polar surface area (TPSA) is 54.5 Å². The van der Waals surface area contributed by atoms with E-state index in [0.717, 1.165) is 39.3 Å². The van der Waals surface area contributed by atoms with E-state index in [-0.39, 0.29) is 17.3 Å². The number of carbonyl (C=O) groups is 3. The summed E-state index contributed by atoms with van der Waals surface area (Å²) in [6.45, 7) is 8.71. The van der Waals surface area contributed by atoms with Crippen LogP contribution in [0.4, 0.5) is 17.1 Å². The molecule has 0 fully saturated rings. The van der Waals surface area contributed by atoms with Crippen molar-refractivity contribution in [2.45, 2.75) is 38.5 Å². The van der Waals surface area contributed by atoms with Gasteiger partial charge in [0.2, 0.25) is 0 Å². The van der Waals surface area contributed by atoms with Gasteiger partial charge in [0, 0.05) is 44.2 Å². The SMILES string of the molecule is CC1(C)c2cc(C(=O)c3ccccc3)ccc2N2c3ccc(C(=O)c4ccccc4)cc3C(C)(C)c3cc(C(=O)c4ccccc4)cc1c32. The van der Waals surface area contributed by atoms with Crippen LogP contribution in [0.1, 0.15) is 97.7 Å². The predicted molar refractivity (Wildman–Crippen MR) is 195 cm³/mol. The van der Waals surface area contributed by atoms with Gasteiger partial charge in [0.1, 0.15) is 0 Å². The van der Waals surface area contributed by atoms with E-state index in [0.29, 0.717) is 33.4 Å². The molecule has 8 rings (SSSR count).